The van der Waals surface area contributed by atoms with Crippen molar-refractivity contribution < 1.29 is 4.79 Å². The zero-order chi connectivity index (χ0) is 12.1. The van der Waals surface area contributed by atoms with Gasteiger partial charge in [-0.1, -0.05) is 49.9 Å². The van der Waals surface area contributed by atoms with Crippen LogP contribution in [0.15, 0.2) is 18.2 Å². The molecule has 1 nitrogen and oxygen atoms in total. The second-order valence-corrected chi connectivity index (χ2v) is 4.96. The SMILES string of the molecule is CCCC(C)CC(=O)c1ccc(Cl)c(Cl)c1. The van der Waals surface area contributed by atoms with Crippen LogP contribution >= 0.6 is 23.2 Å². The fraction of sp³-hybridized carbons (Fsp3) is 0.462. The lowest BCUT2D eigenvalue weighted by atomic mass is 9.96. The Labute approximate surface area is 107 Å². The van der Waals surface area contributed by atoms with Gasteiger partial charge in [0.2, 0.25) is 0 Å². The van der Waals surface area contributed by atoms with Crippen LogP contribution in [0, 0.1) is 5.92 Å². The molecule has 0 aliphatic heterocycles. The highest BCUT2D eigenvalue weighted by Gasteiger charge is 2.11. The molecule has 0 amide bonds. The molecule has 1 aromatic carbocycles. The molecule has 0 aromatic heterocycles. The minimum Gasteiger partial charge on any atom is -0.294 e. The van der Waals surface area contributed by atoms with E-state index in [9.17, 15) is 4.79 Å². The van der Waals surface area contributed by atoms with Crippen LogP contribution in [0.4, 0.5) is 0 Å². The zero-order valence-corrected chi connectivity index (χ0v) is 11.1. The van der Waals surface area contributed by atoms with Crippen LogP contribution < -0.4 is 0 Å². The molecule has 0 bridgehead atoms. The highest BCUT2D eigenvalue weighted by molar-refractivity contribution is 6.42. The average Bonchev–Trinajstić information content (AvgIpc) is 2.22. The molecule has 88 valence electrons. The lowest BCUT2D eigenvalue weighted by Crippen LogP contribution is -2.05. The molecule has 0 fully saturated rings. The van der Waals surface area contributed by atoms with Crippen LogP contribution in [0.1, 0.15) is 43.5 Å². The van der Waals surface area contributed by atoms with Crippen molar-refractivity contribution >= 4 is 29.0 Å². The van der Waals surface area contributed by atoms with E-state index in [4.69, 9.17) is 23.2 Å². The average molecular weight is 259 g/mol. The normalized spacial score (nSPS) is 12.5. The first-order valence-corrected chi connectivity index (χ1v) is 6.28. The van der Waals surface area contributed by atoms with E-state index in [1.165, 1.54) is 0 Å². The predicted octanol–water partition coefficient (Wildman–Crippen LogP) is 5.00. The van der Waals surface area contributed by atoms with Gasteiger partial charge in [-0.25, -0.2) is 0 Å². The summed E-state index contributed by atoms with van der Waals surface area (Å²) in [7, 11) is 0. The number of carbonyl (C=O) groups is 1. The van der Waals surface area contributed by atoms with Crippen LogP contribution in [-0.4, -0.2) is 5.78 Å². The largest absolute Gasteiger partial charge is 0.294 e. The number of Topliss-reactive ketones (excluding diaryl/α,β-unsaturated/α-hetero) is 1. The second-order valence-electron chi connectivity index (χ2n) is 4.15. The molecule has 0 saturated heterocycles. The van der Waals surface area contributed by atoms with E-state index in [0.717, 1.165) is 12.8 Å². The fourth-order valence-electron chi connectivity index (χ4n) is 1.70. The minimum absolute atomic E-state index is 0.138. The first-order chi connectivity index (χ1) is 7.54. The Morgan fingerprint density at radius 2 is 2.00 bits per heavy atom. The summed E-state index contributed by atoms with van der Waals surface area (Å²) in [6, 6.07) is 5.04. The van der Waals surface area contributed by atoms with Gasteiger partial charge >= 0.3 is 0 Å². The smallest absolute Gasteiger partial charge is 0.163 e. The van der Waals surface area contributed by atoms with E-state index < -0.39 is 0 Å². The molecule has 0 aliphatic rings. The minimum atomic E-state index is 0.138. The molecule has 0 radical (unpaired) electrons. The number of benzene rings is 1. The van der Waals surface area contributed by atoms with Gasteiger partial charge in [-0.2, -0.15) is 0 Å². The first kappa shape index (κ1) is 13.5. The van der Waals surface area contributed by atoms with Crippen molar-refractivity contribution in [3.8, 4) is 0 Å². The highest BCUT2D eigenvalue weighted by atomic mass is 35.5. The molecule has 1 unspecified atom stereocenters. The van der Waals surface area contributed by atoms with Crippen molar-refractivity contribution in [1.29, 1.82) is 0 Å². The summed E-state index contributed by atoms with van der Waals surface area (Å²) < 4.78 is 0. The van der Waals surface area contributed by atoms with E-state index in [0.29, 0.717) is 27.9 Å². The summed E-state index contributed by atoms with van der Waals surface area (Å²) in [5, 5.41) is 0.926. The van der Waals surface area contributed by atoms with Crippen molar-refractivity contribution in [3.63, 3.8) is 0 Å². The van der Waals surface area contributed by atoms with Crippen molar-refractivity contribution in [1.82, 2.24) is 0 Å². The third kappa shape index (κ3) is 3.80. The van der Waals surface area contributed by atoms with Gasteiger partial charge in [-0.3, -0.25) is 4.79 Å². The summed E-state index contributed by atoms with van der Waals surface area (Å²) >= 11 is 11.7. The third-order valence-electron chi connectivity index (χ3n) is 2.56. The summed E-state index contributed by atoms with van der Waals surface area (Å²) in [5.74, 6) is 0.562. The summed E-state index contributed by atoms with van der Waals surface area (Å²) in [4.78, 5) is 11.9. The van der Waals surface area contributed by atoms with Crippen molar-refractivity contribution in [2.45, 2.75) is 33.1 Å². The standard InChI is InChI=1S/C13H16Cl2O/c1-3-4-9(2)7-13(16)10-5-6-11(14)12(15)8-10/h5-6,8-9H,3-4,7H2,1-2H3. The molecule has 0 heterocycles. The summed E-state index contributed by atoms with van der Waals surface area (Å²) in [6.45, 7) is 4.22. The number of carbonyl (C=O) groups excluding carboxylic acids is 1. The number of hydrogen-bond donors (Lipinski definition) is 0. The van der Waals surface area contributed by atoms with Gasteiger partial charge < -0.3 is 0 Å². The topological polar surface area (TPSA) is 17.1 Å². The van der Waals surface area contributed by atoms with Gasteiger partial charge in [0.25, 0.3) is 0 Å². The Kier molecular flexibility index (Phi) is 5.30. The van der Waals surface area contributed by atoms with Gasteiger partial charge in [0, 0.05) is 12.0 Å². The van der Waals surface area contributed by atoms with Gasteiger partial charge in [0.15, 0.2) is 5.78 Å². The maximum absolute atomic E-state index is 11.9. The maximum Gasteiger partial charge on any atom is 0.163 e. The van der Waals surface area contributed by atoms with E-state index in [-0.39, 0.29) is 5.78 Å². The molecule has 0 N–H and O–H groups in total. The Morgan fingerprint density at radius 3 is 2.56 bits per heavy atom. The van der Waals surface area contributed by atoms with Crippen LogP contribution in [-0.2, 0) is 0 Å². The molecular formula is C13H16Cl2O. The van der Waals surface area contributed by atoms with Crippen molar-refractivity contribution in [3.05, 3.63) is 33.8 Å². The summed E-state index contributed by atoms with van der Waals surface area (Å²) in [5.41, 5.74) is 0.650. The molecule has 3 heteroatoms. The molecule has 1 rings (SSSR count). The summed E-state index contributed by atoms with van der Waals surface area (Å²) in [6.07, 6.45) is 2.76. The molecule has 16 heavy (non-hydrogen) atoms. The van der Waals surface area contributed by atoms with Crippen LogP contribution in [0.5, 0.6) is 0 Å². The Balaban J connectivity index is 2.69. The predicted molar refractivity (Wildman–Crippen MR) is 69.5 cm³/mol. The molecular weight excluding hydrogens is 243 g/mol. The third-order valence-corrected chi connectivity index (χ3v) is 3.30. The second kappa shape index (κ2) is 6.27. The van der Waals surface area contributed by atoms with Crippen LogP contribution in [0.2, 0.25) is 10.0 Å². The van der Waals surface area contributed by atoms with Gasteiger partial charge in [-0.05, 0) is 24.1 Å². The van der Waals surface area contributed by atoms with Crippen LogP contribution in [0.25, 0.3) is 0 Å². The monoisotopic (exact) mass is 258 g/mol. The van der Waals surface area contributed by atoms with Crippen LogP contribution in [0.3, 0.4) is 0 Å². The molecule has 1 atom stereocenters. The van der Waals surface area contributed by atoms with Gasteiger partial charge in [0.1, 0.15) is 0 Å². The van der Waals surface area contributed by atoms with Crippen molar-refractivity contribution in [2.75, 3.05) is 0 Å². The molecule has 0 aliphatic carbocycles. The lowest BCUT2D eigenvalue weighted by Gasteiger charge is -2.09. The Morgan fingerprint density at radius 1 is 1.31 bits per heavy atom. The quantitative estimate of drug-likeness (QED) is 0.680. The van der Waals surface area contributed by atoms with Crippen molar-refractivity contribution in [2.24, 2.45) is 5.92 Å². The fourth-order valence-corrected chi connectivity index (χ4v) is 2.00. The highest BCUT2D eigenvalue weighted by Crippen LogP contribution is 2.24. The Bertz CT molecular complexity index is 374. The number of ketones is 1. The lowest BCUT2D eigenvalue weighted by molar-refractivity contribution is 0.0962. The molecule has 0 saturated carbocycles. The molecule has 1 aromatic rings. The van der Waals surface area contributed by atoms with Gasteiger partial charge in [-0.15, -0.1) is 0 Å². The molecule has 0 spiro atoms. The first-order valence-electron chi connectivity index (χ1n) is 5.52. The number of hydrogen-bond acceptors (Lipinski definition) is 1. The van der Waals surface area contributed by atoms with E-state index >= 15 is 0 Å². The Hall–Kier alpha value is -0.530. The number of rotatable bonds is 5. The van der Waals surface area contributed by atoms with Gasteiger partial charge in [0.05, 0.1) is 10.0 Å². The van der Waals surface area contributed by atoms with E-state index in [2.05, 4.69) is 13.8 Å². The number of halogens is 2. The maximum atomic E-state index is 11.9. The van der Waals surface area contributed by atoms with E-state index in [1.54, 1.807) is 18.2 Å². The zero-order valence-electron chi connectivity index (χ0n) is 9.59. The van der Waals surface area contributed by atoms with E-state index in [1.807, 2.05) is 0 Å².